The van der Waals surface area contributed by atoms with Gasteiger partial charge >= 0.3 is 5.76 Å². The van der Waals surface area contributed by atoms with Crippen molar-refractivity contribution in [2.45, 2.75) is 19.8 Å². The second kappa shape index (κ2) is 9.52. The monoisotopic (exact) mass is 403 g/mol. The SMILES string of the molecule is O=c1[nH]cc(COc2ccc(OCc3ccccc3)c(OCc3ccccc3)c2)o1. The first kappa shape index (κ1) is 19.4. The van der Waals surface area contributed by atoms with Gasteiger partial charge in [-0.3, -0.25) is 4.98 Å². The molecular formula is C24H21NO5. The Bertz CT molecular complexity index is 1120. The highest BCUT2D eigenvalue weighted by Gasteiger charge is 2.10. The molecule has 30 heavy (non-hydrogen) atoms. The lowest BCUT2D eigenvalue weighted by Gasteiger charge is -2.15. The second-order valence-electron chi connectivity index (χ2n) is 6.59. The Morgan fingerprint density at radius 1 is 0.700 bits per heavy atom. The van der Waals surface area contributed by atoms with Crippen LogP contribution < -0.4 is 20.0 Å². The Morgan fingerprint density at radius 2 is 1.33 bits per heavy atom. The molecule has 1 aromatic heterocycles. The number of benzene rings is 3. The Balaban J connectivity index is 1.48. The fraction of sp³-hybridized carbons (Fsp3) is 0.125. The lowest BCUT2D eigenvalue weighted by atomic mass is 10.2. The van der Waals surface area contributed by atoms with Gasteiger partial charge in [-0.25, -0.2) is 4.79 Å². The molecule has 0 aliphatic rings. The number of hydrogen-bond donors (Lipinski definition) is 1. The van der Waals surface area contributed by atoms with Gasteiger partial charge in [0.1, 0.15) is 25.6 Å². The van der Waals surface area contributed by atoms with Crippen LogP contribution in [0.15, 0.2) is 94.3 Å². The van der Waals surface area contributed by atoms with Gasteiger partial charge in [0, 0.05) is 12.3 Å². The van der Waals surface area contributed by atoms with E-state index in [1.165, 1.54) is 6.20 Å². The van der Waals surface area contributed by atoms with Crippen molar-refractivity contribution in [3.63, 3.8) is 0 Å². The highest BCUT2D eigenvalue weighted by molar-refractivity contribution is 5.46. The van der Waals surface area contributed by atoms with Crippen LogP contribution in [0.1, 0.15) is 16.9 Å². The molecule has 0 radical (unpaired) electrons. The van der Waals surface area contributed by atoms with Crippen LogP contribution in [0.3, 0.4) is 0 Å². The summed E-state index contributed by atoms with van der Waals surface area (Å²) in [5, 5.41) is 0. The van der Waals surface area contributed by atoms with Crippen LogP contribution in [0.4, 0.5) is 0 Å². The van der Waals surface area contributed by atoms with Crippen LogP contribution >= 0.6 is 0 Å². The van der Waals surface area contributed by atoms with Crippen LogP contribution in [0, 0.1) is 0 Å². The molecule has 0 spiro atoms. The summed E-state index contributed by atoms with van der Waals surface area (Å²) in [6.07, 6.45) is 1.48. The molecule has 6 nitrogen and oxygen atoms in total. The van der Waals surface area contributed by atoms with Crippen molar-refractivity contribution in [2.75, 3.05) is 0 Å². The number of rotatable bonds is 9. The highest BCUT2D eigenvalue weighted by Crippen LogP contribution is 2.33. The van der Waals surface area contributed by atoms with Crippen molar-refractivity contribution in [1.29, 1.82) is 0 Å². The molecule has 0 aliphatic heterocycles. The maximum absolute atomic E-state index is 11.1. The van der Waals surface area contributed by atoms with Gasteiger partial charge in [-0.15, -0.1) is 0 Å². The molecular weight excluding hydrogens is 382 g/mol. The molecule has 0 unspecified atom stereocenters. The van der Waals surface area contributed by atoms with Crippen molar-refractivity contribution in [2.24, 2.45) is 0 Å². The van der Waals surface area contributed by atoms with Gasteiger partial charge in [0.15, 0.2) is 17.3 Å². The first-order valence-electron chi connectivity index (χ1n) is 9.54. The number of hydrogen-bond acceptors (Lipinski definition) is 5. The molecule has 4 aromatic rings. The summed E-state index contributed by atoms with van der Waals surface area (Å²) in [5.41, 5.74) is 2.11. The number of nitrogens with one attached hydrogen (secondary N) is 1. The van der Waals surface area contributed by atoms with Crippen molar-refractivity contribution in [3.05, 3.63) is 112 Å². The first-order valence-corrected chi connectivity index (χ1v) is 9.54. The summed E-state index contributed by atoms with van der Waals surface area (Å²) >= 11 is 0. The summed E-state index contributed by atoms with van der Waals surface area (Å²) in [6, 6.07) is 25.2. The molecule has 0 saturated carbocycles. The maximum atomic E-state index is 11.1. The average Bonchev–Trinajstić information content (AvgIpc) is 3.22. The predicted octanol–water partition coefficient (Wildman–Crippen LogP) is 4.70. The van der Waals surface area contributed by atoms with E-state index in [2.05, 4.69) is 4.98 Å². The maximum Gasteiger partial charge on any atom is 0.416 e. The van der Waals surface area contributed by atoms with Crippen LogP contribution in [0.2, 0.25) is 0 Å². The van der Waals surface area contributed by atoms with E-state index in [9.17, 15) is 4.79 Å². The van der Waals surface area contributed by atoms with E-state index in [1.54, 1.807) is 12.1 Å². The second-order valence-corrected chi connectivity index (χ2v) is 6.59. The molecule has 6 heteroatoms. The average molecular weight is 403 g/mol. The van der Waals surface area contributed by atoms with Crippen LogP contribution in [0.25, 0.3) is 0 Å². The van der Waals surface area contributed by atoms with E-state index in [4.69, 9.17) is 18.6 Å². The number of H-pyrrole nitrogens is 1. The predicted molar refractivity (Wildman–Crippen MR) is 112 cm³/mol. The third kappa shape index (κ3) is 5.32. The van der Waals surface area contributed by atoms with Crippen LogP contribution in [-0.4, -0.2) is 4.98 Å². The van der Waals surface area contributed by atoms with Crippen LogP contribution in [0.5, 0.6) is 17.2 Å². The van der Waals surface area contributed by atoms with Gasteiger partial charge in [0.05, 0.1) is 0 Å². The fourth-order valence-electron chi connectivity index (χ4n) is 2.82. The van der Waals surface area contributed by atoms with Crippen molar-refractivity contribution in [1.82, 2.24) is 4.98 Å². The Kier molecular flexibility index (Phi) is 6.15. The molecule has 0 fully saturated rings. The van der Waals surface area contributed by atoms with E-state index in [0.29, 0.717) is 36.2 Å². The van der Waals surface area contributed by atoms with E-state index in [1.807, 2.05) is 66.7 Å². The first-order chi connectivity index (χ1) is 14.8. The zero-order chi connectivity index (χ0) is 20.6. The molecule has 3 aromatic carbocycles. The molecule has 0 atom stereocenters. The molecule has 0 saturated heterocycles. The molecule has 0 amide bonds. The number of ether oxygens (including phenoxy) is 3. The van der Waals surface area contributed by atoms with Crippen molar-refractivity contribution < 1.29 is 18.6 Å². The molecule has 152 valence electrons. The summed E-state index contributed by atoms with van der Waals surface area (Å²) < 4.78 is 22.7. The Labute approximate surface area is 173 Å². The molecule has 4 rings (SSSR count). The number of aromatic amines is 1. The zero-order valence-electron chi connectivity index (χ0n) is 16.2. The Morgan fingerprint density at radius 3 is 1.93 bits per heavy atom. The normalized spacial score (nSPS) is 10.5. The lowest BCUT2D eigenvalue weighted by molar-refractivity contribution is 0.246. The summed E-state index contributed by atoms with van der Waals surface area (Å²) in [7, 11) is 0. The number of oxazole rings is 1. The highest BCUT2D eigenvalue weighted by atomic mass is 16.5. The Hall–Kier alpha value is -3.93. The topological polar surface area (TPSA) is 73.7 Å². The minimum atomic E-state index is -0.509. The zero-order valence-corrected chi connectivity index (χ0v) is 16.2. The van der Waals surface area contributed by atoms with E-state index in [0.717, 1.165) is 11.1 Å². The summed E-state index contributed by atoms with van der Waals surface area (Å²) in [6.45, 7) is 0.955. The largest absolute Gasteiger partial charge is 0.485 e. The van der Waals surface area contributed by atoms with Crippen molar-refractivity contribution in [3.8, 4) is 17.2 Å². The van der Waals surface area contributed by atoms with Gasteiger partial charge in [0.25, 0.3) is 0 Å². The minimum absolute atomic E-state index is 0.126. The van der Waals surface area contributed by atoms with Gasteiger partial charge in [0.2, 0.25) is 0 Å². The summed E-state index contributed by atoms with van der Waals surface area (Å²) in [5.74, 6) is 1.67. The van der Waals surface area contributed by atoms with Gasteiger partial charge in [-0.05, 0) is 23.3 Å². The standard InChI is InChI=1S/C24H21NO5/c26-24-25-14-21(30-24)17-27-20-11-12-22(28-15-18-7-3-1-4-8-18)23(13-20)29-16-19-9-5-2-6-10-19/h1-14H,15-17H2,(H,25,26). The fourth-order valence-corrected chi connectivity index (χ4v) is 2.82. The van der Waals surface area contributed by atoms with Crippen molar-refractivity contribution >= 4 is 0 Å². The van der Waals surface area contributed by atoms with Crippen LogP contribution in [-0.2, 0) is 19.8 Å². The van der Waals surface area contributed by atoms with E-state index in [-0.39, 0.29) is 6.61 Å². The molecule has 1 heterocycles. The smallest absolute Gasteiger partial charge is 0.416 e. The van der Waals surface area contributed by atoms with Gasteiger partial charge in [-0.1, -0.05) is 60.7 Å². The molecule has 0 bridgehead atoms. The third-order valence-corrected chi connectivity index (χ3v) is 4.35. The van der Waals surface area contributed by atoms with Gasteiger partial charge < -0.3 is 18.6 Å². The summed E-state index contributed by atoms with van der Waals surface area (Å²) in [4.78, 5) is 13.5. The quantitative estimate of drug-likeness (QED) is 0.438. The third-order valence-electron chi connectivity index (χ3n) is 4.35. The molecule has 1 N–H and O–H groups in total. The number of aromatic nitrogens is 1. The van der Waals surface area contributed by atoms with E-state index < -0.39 is 5.76 Å². The lowest BCUT2D eigenvalue weighted by Crippen LogP contribution is -2.02. The van der Waals surface area contributed by atoms with E-state index >= 15 is 0 Å². The molecule has 0 aliphatic carbocycles. The minimum Gasteiger partial charge on any atom is -0.485 e. The van der Waals surface area contributed by atoms with Gasteiger partial charge in [-0.2, -0.15) is 0 Å².